The van der Waals surface area contributed by atoms with Gasteiger partial charge in [0.2, 0.25) is 0 Å². The summed E-state index contributed by atoms with van der Waals surface area (Å²) in [6.45, 7) is 1.94. The van der Waals surface area contributed by atoms with Crippen molar-refractivity contribution >= 4 is 23.1 Å². The van der Waals surface area contributed by atoms with Crippen LogP contribution >= 0.6 is 0 Å². The fourth-order valence-corrected chi connectivity index (χ4v) is 4.64. The Labute approximate surface area is 226 Å². The highest BCUT2D eigenvalue weighted by Gasteiger charge is 2.47. The van der Waals surface area contributed by atoms with Crippen molar-refractivity contribution in [1.29, 1.82) is 0 Å². The molecular formula is C32H27NO6. The average molecular weight is 522 g/mol. The topological polar surface area (TPSA) is 85.3 Å². The lowest BCUT2D eigenvalue weighted by Crippen LogP contribution is -2.29. The van der Waals surface area contributed by atoms with Crippen molar-refractivity contribution in [2.24, 2.45) is 0 Å². The maximum atomic E-state index is 13.6. The summed E-state index contributed by atoms with van der Waals surface area (Å²) in [4.78, 5) is 28.5. The molecule has 1 aliphatic rings. The first-order valence-corrected chi connectivity index (χ1v) is 12.3. The summed E-state index contributed by atoms with van der Waals surface area (Å²) in [5.74, 6) is 0.0298. The summed E-state index contributed by atoms with van der Waals surface area (Å²) in [7, 11) is 2.96. The SMILES string of the molecule is COc1ccc(OC)c(/C(O)=C2\C(=O)C(=O)N(c3ccc(C)cc3)C2c2cccc(Oc3ccccc3)c2)c1. The number of aliphatic hydroxyl groups is 1. The van der Waals surface area contributed by atoms with Crippen LogP contribution in [0.3, 0.4) is 0 Å². The molecule has 0 aromatic heterocycles. The predicted molar refractivity (Wildman–Crippen MR) is 148 cm³/mol. The maximum absolute atomic E-state index is 13.6. The number of hydrogen-bond donors (Lipinski definition) is 1. The zero-order valence-electron chi connectivity index (χ0n) is 21.8. The zero-order valence-corrected chi connectivity index (χ0v) is 21.8. The lowest BCUT2D eigenvalue weighted by Gasteiger charge is -2.26. The van der Waals surface area contributed by atoms with E-state index in [0.29, 0.717) is 34.2 Å². The third kappa shape index (κ3) is 4.94. The van der Waals surface area contributed by atoms with Crippen LogP contribution < -0.4 is 19.1 Å². The van der Waals surface area contributed by atoms with Gasteiger partial charge in [0.1, 0.15) is 28.8 Å². The van der Waals surface area contributed by atoms with Crippen LogP contribution in [-0.2, 0) is 9.59 Å². The van der Waals surface area contributed by atoms with Crippen molar-refractivity contribution in [3.05, 3.63) is 119 Å². The molecule has 1 fully saturated rings. The highest BCUT2D eigenvalue weighted by molar-refractivity contribution is 6.51. The molecule has 196 valence electrons. The third-order valence-corrected chi connectivity index (χ3v) is 6.57. The number of aliphatic hydroxyl groups excluding tert-OH is 1. The van der Waals surface area contributed by atoms with E-state index in [1.807, 2.05) is 49.4 Å². The van der Waals surface area contributed by atoms with Crippen molar-refractivity contribution in [1.82, 2.24) is 0 Å². The van der Waals surface area contributed by atoms with E-state index in [2.05, 4.69) is 0 Å². The number of benzene rings is 4. The Bertz CT molecular complexity index is 1560. The quantitative estimate of drug-likeness (QED) is 0.171. The Morgan fingerprint density at radius 1 is 0.769 bits per heavy atom. The highest BCUT2D eigenvalue weighted by Crippen LogP contribution is 2.44. The number of methoxy groups -OCH3 is 2. The van der Waals surface area contributed by atoms with Gasteiger partial charge < -0.3 is 19.3 Å². The Hall–Kier alpha value is -5.04. The van der Waals surface area contributed by atoms with Gasteiger partial charge in [-0.1, -0.05) is 48.0 Å². The highest BCUT2D eigenvalue weighted by atomic mass is 16.5. The van der Waals surface area contributed by atoms with Crippen molar-refractivity contribution in [3.8, 4) is 23.0 Å². The first-order valence-electron chi connectivity index (χ1n) is 12.3. The molecule has 1 unspecified atom stereocenters. The molecule has 0 radical (unpaired) electrons. The number of aryl methyl sites for hydroxylation is 1. The van der Waals surface area contributed by atoms with E-state index in [9.17, 15) is 14.7 Å². The maximum Gasteiger partial charge on any atom is 0.300 e. The van der Waals surface area contributed by atoms with Gasteiger partial charge in [0.15, 0.2) is 0 Å². The van der Waals surface area contributed by atoms with E-state index < -0.39 is 17.7 Å². The van der Waals surface area contributed by atoms with Gasteiger partial charge in [-0.2, -0.15) is 0 Å². The number of amides is 1. The molecule has 5 rings (SSSR count). The number of hydrogen-bond acceptors (Lipinski definition) is 6. The molecule has 39 heavy (non-hydrogen) atoms. The van der Waals surface area contributed by atoms with Crippen molar-refractivity contribution in [2.75, 3.05) is 19.1 Å². The number of anilines is 1. The minimum atomic E-state index is -0.928. The summed E-state index contributed by atoms with van der Waals surface area (Å²) in [5.41, 5.74) is 2.29. The molecule has 4 aromatic rings. The number of Topliss-reactive ketones (excluding diaryl/α,β-unsaturated/α-hetero) is 1. The third-order valence-electron chi connectivity index (χ3n) is 6.57. The van der Waals surface area contributed by atoms with Gasteiger partial charge in [0.25, 0.3) is 11.7 Å². The molecule has 0 spiro atoms. The van der Waals surface area contributed by atoms with Crippen molar-refractivity contribution < 1.29 is 28.9 Å². The molecular weight excluding hydrogens is 494 g/mol. The number of ether oxygens (including phenoxy) is 3. The van der Waals surface area contributed by atoms with Crippen LogP contribution in [0.4, 0.5) is 5.69 Å². The molecule has 1 N–H and O–H groups in total. The van der Waals surface area contributed by atoms with Crippen LogP contribution in [0.2, 0.25) is 0 Å². The zero-order chi connectivity index (χ0) is 27.5. The molecule has 1 heterocycles. The number of para-hydroxylation sites is 1. The monoisotopic (exact) mass is 521 g/mol. The predicted octanol–water partition coefficient (Wildman–Crippen LogP) is 6.43. The molecule has 0 aliphatic carbocycles. The van der Waals surface area contributed by atoms with Gasteiger partial charge in [0, 0.05) is 5.69 Å². The second kappa shape index (κ2) is 10.8. The van der Waals surface area contributed by atoms with E-state index >= 15 is 0 Å². The smallest absolute Gasteiger partial charge is 0.300 e. The minimum absolute atomic E-state index is 0.0658. The lowest BCUT2D eigenvalue weighted by atomic mass is 9.94. The minimum Gasteiger partial charge on any atom is -0.507 e. The number of rotatable bonds is 7. The molecule has 1 atom stereocenters. The Morgan fingerprint density at radius 2 is 1.49 bits per heavy atom. The fraction of sp³-hybridized carbons (Fsp3) is 0.125. The number of carbonyl (C=O) groups is 2. The van der Waals surface area contributed by atoms with Gasteiger partial charge in [-0.3, -0.25) is 14.5 Å². The molecule has 0 saturated carbocycles. The summed E-state index contributed by atoms with van der Waals surface area (Å²) in [5, 5.41) is 11.6. The van der Waals surface area contributed by atoms with E-state index in [1.54, 1.807) is 54.6 Å². The summed E-state index contributed by atoms with van der Waals surface area (Å²) in [6, 6.07) is 27.7. The average Bonchev–Trinajstić information content (AvgIpc) is 3.23. The van der Waals surface area contributed by atoms with Gasteiger partial charge in [0.05, 0.1) is 31.4 Å². The Kier molecular flexibility index (Phi) is 7.06. The summed E-state index contributed by atoms with van der Waals surface area (Å²) < 4.78 is 16.8. The van der Waals surface area contributed by atoms with Crippen LogP contribution in [0.1, 0.15) is 22.7 Å². The molecule has 7 nitrogen and oxygen atoms in total. The van der Waals surface area contributed by atoms with E-state index in [1.165, 1.54) is 19.1 Å². The summed E-state index contributed by atoms with van der Waals surface area (Å²) >= 11 is 0. The first kappa shape index (κ1) is 25.6. The van der Waals surface area contributed by atoms with Crippen molar-refractivity contribution in [2.45, 2.75) is 13.0 Å². The molecule has 0 bridgehead atoms. The van der Waals surface area contributed by atoms with E-state index in [0.717, 1.165) is 5.56 Å². The van der Waals surface area contributed by atoms with Crippen LogP contribution in [-0.4, -0.2) is 31.0 Å². The Morgan fingerprint density at radius 3 is 2.18 bits per heavy atom. The lowest BCUT2D eigenvalue weighted by molar-refractivity contribution is -0.132. The molecule has 1 saturated heterocycles. The van der Waals surface area contributed by atoms with Crippen LogP contribution in [0.5, 0.6) is 23.0 Å². The van der Waals surface area contributed by atoms with Gasteiger partial charge >= 0.3 is 0 Å². The molecule has 7 heteroatoms. The summed E-state index contributed by atoms with van der Waals surface area (Å²) in [6.07, 6.45) is 0. The molecule has 1 aliphatic heterocycles. The number of nitrogens with zero attached hydrogens (tertiary/aromatic N) is 1. The number of carbonyl (C=O) groups excluding carboxylic acids is 2. The normalized spacial score (nSPS) is 16.3. The van der Waals surface area contributed by atoms with Crippen LogP contribution in [0, 0.1) is 6.92 Å². The second-order valence-electron chi connectivity index (χ2n) is 9.06. The van der Waals surface area contributed by atoms with E-state index in [-0.39, 0.29) is 16.9 Å². The second-order valence-corrected chi connectivity index (χ2v) is 9.06. The largest absolute Gasteiger partial charge is 0.507 e. The van der Waals surface area contributed by atoms with Gasteiger partial charge in [-0.15, -0.1) is 0 Å². The van der Waals surface area contributed by atoms with Gasteiger partial charge in [-0.25, -0.2) is 0 Å². The van der Waals surface area contributed by atoms with E-state index in [4.69, 9.17) is 14.2 Å². The molecule has 4 aromatic carbocycles. The number of ketones is 1. The van der Waals surface area contributed by atoms with Crippen molar-refractivity contribution in [3.63, 3.8) is 0 Å². The fourth-order valence-electron chi connectivity index (χ4n) is 4.64. The van der Waals surface area contributed by atoms with Crippen LogP contribution in [0.25, 0.3) is 5.76 Å². The first-order chi connectivity index (χ1) is 18.9. The van der Waals surface area contributed by atoms with Gasteiger partial charge in [-0.05, 0) is 67.1 Å². The Balaban J connectivity index is 1.70. The van der Waals surface area contributed by atoms with Crippen LogP contribution in [0.15, 0.2) is 103 Å². The molecule has 1 amide bonds. The standard InChI is InChI=1S/C32H27NO6/c1-20-12-14-22(15-13-20)33-29(21-8-7-11-25(18-21)39-23-9-5-4-6-10-23)28(31(35)32(33)36)30(34)26-19-24(37-2)16-17-27(26)38-3/h4-19,29,34H,1-3H3/b30-28+.